The van der Waals surface area contributed by atoms with E-state index < -0.39 is 17.0 Å². The summed E-state index contributed by atoms with van der Waals surface area (Å²) < 4.78 is 6.17. The third-order valence-corrected chi connectivity index (χ3v) is 6.01. The molecule has 1 aliphatic carbocycles. The number of nitrogens with zero attached hydrogens (tertiary/aromatic N) is 3. The third-order valence-electron chi connectivity index (χ3n) is 5.80. The van der Waals surface area contributed by atoms with Crippen LogP contribution in [0.1, 0.15) is 49.9 Å². The van der Waals surface area contributed by atoms with E-state index in [-0.39, 0.29) is 36.7 Å². The van der Waals surface area contributed by atoms with Crippen molar-refractivity contribution in [1.82, 2.24) is 14.7 Å². The molecule has 8 nitrogen and oxygen atoms in total. The number of nitrogens with one attached hydrogen (secondary N) is 1. The largest absolute Gasteiger partial charge is 0.448 e. The highest BCUT2D eigenvalue weighted by molar-refractivity contribution is 6.62. The van der Waals surface area contributed by atoms with Crippen LogP contribution >= 0.6 is 11.6 Å². The van der Waals surface area contributed by atoms with Crippen LogP contribution in [0.25, 0.3) is 0 Å². The van der Waals surface area contributed by atoms with Gasteiger partial charge >= 0.3 is 11.5 Å². The van der Waals surface area contributed by atoms with Gasteiger partial charge in [0.25, 0.3) is 0 Å². The monoisotopic (exact) mass is 430 g/mol. The molecular formula is C21H23ClN4O4. The van der Waals surface area contributed by atoms with Gasteiger partial charge in [0.05, 0.1) is 24.4 Å². The molecule has 2 aliphatic rings. The number of carbonyl (C=O) groups excluding carboxylic acids is 3. The zero-order valence-corrected chi connectivity index (χ0v) is 17.8. The fraction of sp³-hybridized carbons (Fsp3) is 0.429. The highest BCUT2D eigenvalue weighted by Gasteiger charge is 2.48. The molecule has 2 heterocycles. The summed E-state index contributed by atoms with van der Waals surface area (Å²) in [6.45, 7) is 5.59. The van der Waals surface area contributed by atoms with Gasteiger partial charge in [-0.25, -0.2) is 4.79 Å². The molecule has 0 saturated heterocycles. The Morgan fingerprint density at radius 3 is 2.60 bits per heavy atom. The molecule has 0 radical (unpaired) electrons. The molecule has 30 heavy (non-hydrogen) atoms. The Kier molecular flexibility index (Phi) is 5.05. The van der Waals surface area contributed by atoms with Crippen molar-refractivity contribution in [3.8, 4) is 0 Å². The van der Waals surface area contributed by atoms with Crippen LogP contribution in [0.15, 0.2) is 30.3 Å². The first-order valence-electron chi connectivity index (χ1n) is 9.88. The number of hydrogen-bond acceptors (Lipinski definition) is 5. The summed E-state index contributed by atoms with van der Waals surface area (Å²) in [6, 6.07) is 9.85. The van der Waals surface area contributed by atoms with Crippen LogP contribution in [0.3, 0.4) is 0 Å². The van der Waals surface area contributed by atoms with Crippen LogP contribution in [-0.4, -0.2) is 38.7 Å². The smallest absolute Gasteiger partial charge is 0.436 e. The normalized spacial score (nSPS) is 21.1. The Morgan fingerprint density at radius 1 is 1.27 bits per heavy atom. The molecule has 9 heteroatoms. The molecule has 1 N–H and O–H groups in total. The molecule has 1 fully saturated rings. The van der Waals surface area contributed by atoms with E-state index in [9.17, 15) is 14.4 Å². The third kappa shape index (κ3) is 3.35. The summed E-state index contributed by atoms with van der Waals surface area (Å²) in [6.07, 6.45) is 0.0563. The van der Waals surface area contributed by atoms with Crippen LogP contribution in [0.2, 0.25) is 0 Å². The summed E-state index contributed by atoms with van der Waals surface area (Å²) >= 11 is 5.75. The standard InChI is InChI=1S/C21H23ClN4O4/c1-4-30-20(29)26-17(15-11-25(19(22)28)21(2,3)16(15)24-26)23-18(27)14-10-13(14)12-8-6-5-7-9-12/h5-9,13-14H,4,10-11H2,1-3H3,(H,23,27)/t13-,14+/m0/s1. The van der Waals surface area contributed by atoms with Crippen LogP contribution < -0.4 is 5.32 Å². The van der Waals surface area contributed by atoms with Gasteiger partial charge in [0, 0.05) is 11.5 Å². The number of ether oxygens (including phenoxy) is 1. The summed E-state index contributed by atoms with van der Waals surface area (Å²) in [5.74, 6) is 0.00977. The lowest BCUT2D eigenvalue weighted by Crippen LogP contribution is -2.38. The lowest BCUT2D eigenvalue weighted by atomic mass is 10.0. The van der Waals surface area contributed by atoms with E-state index >= 15 is 0 Å². The van der Waals surface area contributed by atoms with Crippen molar-refractivity contribution in [2.24, 2.45) is 5.92 Å². The fourth-order valence-corrected chi connectivity index (χ4v) is 4.34. The number of hydrogen-bond donors (Lipinski definition) is 1. The molecule has 2 aromatic rings. The SMILES string of the molecule is CCOC(=O)n1nc2c(c1NC(=O)[C@@H]1C[C@H]1c1ccccc1)CN(C(=O)Cl)C2(C)C. The Labute approximate surface area is 179 Å². The van der Waals surface area contributed by atoms with E-state index in [4.69, 9.17) is 16.3 Å². The first-order valence-corrected chi connectivity index (χ1v) is 10.3. The van der Waals surface area contributed by atoms with Gasteiger partial charge in [-0.05, 0) is 50.3 Å². The van der Waals surface area contributed by atoms with Crippen molar-refractivity contribution >= 4 is 34.8 Å². The molecule has 2 amide bonds. The first-order chi connectivity index (χ1) is 14.3. The van der Waals surface area contributed by atoms with E-state index in [2.05, 4.69) is 10.4 Å². The number of fused-ring (bicyclic) bond motifs is 1. The van der Waals surface area contributed by atoms with Gasteiger partial charge in [0.15, 0.2) is 0 Å². The topological polar surface area (TPSA) is 93.5 Å². The van der Waals surface area contributed by atoms with Crippen molar-refractivity contribution in [2.45, 2.75) is 45.2 Å². The number of benzene rings is 1. The predicted molar refractivity (Wildman–Crippen MR) is 110 cm³/mol. The maximum atomic E-state index is 13.0. The summed E-state index contributed by atoms with van der Waals surface area (Å²) in [7, 11) is 0. The van der Waals surface area contributed by atoms with E-state index in [0.717, 1.165) is 16.7 Å². The highest BCUT2D eigenvalue weighted by atomic mass is 35.5. The Bertz CT molecular complexity index is 1020. The summed E-state index contributed by atoms with van der Waals surface area (Å²) in [4.78, 5) is 38.7. The number of anilines is 1. The van der Waals surface area contributed by atoms with E-state index in [1.165, 1.54) is 4.90 Å². The molecule has 4 rings (SSSR count). The molecule has 2 atom stereocenters. The quantitative estimate of drug-likeness (QED) is 0.583. The minimum atomic E-state index is -0.822. The lowest BCUT2D eigenvalue weighted by Gasteiger charge is -2.29. The number of carbonyl (C=O) groups is 3. The van der Waals surface area contributed by atoms with Gasteiger partial charge < -0.3 is 15.0 Å². The lowest BCUT2D eigenvalue weighted by molar-refractivity contribution is -0.117. The van der Waals surface area contributed by atoms with Gasteiger partial charge in [-0.15, -0.1) is 4.68 Å². The number of rotatable bonds is 4. The molecule has 1 aromatic carbocycles. The highest BCUT2D eigenvalue weighted by Crippen LogP contribution is 2.48. The van der Waals surface area contributed by atoms with Crippen LogP contribution in [0.4, 0.5) is 15.4 Å². The van der Waals surface area contributed by atoms with Gasteiger partial charge in [-0.3, -0.25) is 9.59 Å². The molecule has 1 saturated carbocycles. The molecule has 158 valence electrons. The molecule has 0 bridgehead atoms. The number of halogens is 1. The van der Waals surface area contributed by atoms with Gasteiger partial charge in [-0.2, -0.15) is 5.10 Å². The van der Waals surface area contributed by atoms with Gasteiger partial charge in [0.2, 0.25) is 5.91 Å². The minimum absolute atomic E-state index is 0.145. The Balaban J connectivity index is 1.63. The van der Waals surface area contributed by atoms with E-state index in [1.807, 2.05) is 30.3 Å². The number of amides is 2. The van der Waals surface area contributed by atoms with E-state index in [1.54, 1.807) is 20.8 Å². The van der Waals surface area contributed by atoms with Crippen molar-refractivity contribution < 1.29 is 19.1 Å². The molecule has 1 aromatic heterocycles. The van der Waals surface area contributed by atoms with Crippen LogP contribution in [-0.2, 0) is 21.6 Å². The zero-order valence-electron chi connectivity index (χ0n) is 17.0. The van der Waals surface area contributed by atoms with E-state index in [0.29, 0.717) is 11.3 Å². The second-order valence-electron chi connectivity index (χ2n) is 8.03. The average Bonchev–Trinajstić information content (AvgIpc) is 3.36. The van der Waals surface area contributed by atoms with Gasteiger partial charge in [-0.1, -0.05) is 30.3 Å². The molecule has 0 spiro atoms. The van der Waals surface area contributed by atoms with Crippen molar-refractivity contribution in [2.75, 3.05) is 11.9 Å². The zero-order chi connectivity index (χ0) is 21.6. The number of aromatic nitrogens is 2. The van der Waals surface area contributed by atoms with Crippen molar-refractivity contribution in [3.63, 3.8) is 0 Å². The predicted octanol–water partition coefficient (Wildman–Crippen LogP) is 4.04. The van der Waals surface area contributed by atoms with Crippen LogP contribution in [0, 0.1) is 5.92 Å². The van der Waals surface area contributed by atoms with Crippen molar-refractivity contribution in [1.29, 1.82) is 0 Å². The Hall–Kier alpha value is -2.87. The first kappa shape index (κ1) is 20.4. The maximum absolute atomic E-state index is 13.0. The summed E-state index contributed by atoms with van der Waals surface area (Å²) in [5.41, 5.74) is 1.39. The Morgan fingerprint density at radius 2 is 1.97 bits per heavy atom. The maximum Gasteiger partial charge on any atom is 0.436 e. The fourth-order valence-electron chi connectivity index (χ4n) is 4.07. The second-order valence-corrected chi connectivity index (χ2v) is 8.36. The molecule has 1 aliphatic heterocycles. The van der Waals surface area contributed by atoms with Gasteiger partial charge in [0.1, 0.15) is 5.82 Å². The summed E-state index contributed by atoms with van der Waals surface area (Å²) in [5, 5.41) is 6.63. The molecular weight excluding hydrogens is 408 g/mol. The molecule has 0 unspecified atom stereocenters. The average molecular weight is 431 g/mol. The van der Waals surface area contributed by atoms with Crippen LogP contribution in [0.5, 0.6) is 0 Å². The minimum Gasteiger partial charge on any atom is -0.448 e. The second kappa shape index (κ2) is 7.43. The van der Waals surface area contributed by atoms with Crippen molar-refractivity contribution in [3.05, 3.63) is 47.2 Å².